The standard InChI is InChI=1S/C16H16Br2N2O2/c17-9-1-3-11-15(21-7-5-19-11)13(9)14-10(18)2-4-12-16(14)22-8-6-20-12/h1-4,9,13,19-20H,5-8H2. The zero-order chi connectivity index (χ0) is 15.1. The molecule has 1 aromatic rings. The average Bonchev–Trinajstić information content (AvgIpc) is 2.56. The number of nitrogens with one attached hydrogen (secondary N) is 2. The number of halogens is 2. The Morgan fingerprint density at radius 2 is 1.91 bits per heavy atom. The van der Waals surface area contributed by atoms with Crippen molar-refractivity contribution < 1.29 is 9.47 Å². The molecule has 2 heterocycles. The van der Waals surface area contributed by atoms with Gasteiger partial charge < -0.3 is 20.1 Å². The lowest BCUT2D eigenvalue weighted by molar-refractivity contribution is 0.172. The average molecular weight is 428 g/mol. The molecular weight excluding hydrogens is 412 g/mol. The molecule has 0 saturated carbocycles. The molecule has 116 valence electrons. The fourth-order valence-corrected chi connectivity index (χ4v) is 4.36. The summed E-state index contributed by atoms with van der Waals surface area (Å²) in [6, 6.07) is 4.13. The fourth-order valence-electron chi connectivity index (χ4n) is 3.14. The third kappa shape index (κ3) is 2.33. The highest BCUT2D eigenvalue weighted by Crippen LogP contribution is 2.48. The van der Waals surface area contributed by atoms with E-state index >= 15 is 0 Å². The van der Waals surface area contributed by atoms with E-state index in [0.29, 0.717) is 13.2 Å². The monoisotopic (exact) mass is 426 g/mol. The Labute approximate surface area is 146 Å². The lowest BCUT2D eigenvalue weighted by Gasteiger charge is -2.35. The molecule has 0 saturated heterocycles. The maximum Gasteiger partial charge on any atom is 0.147 e. The van der Waals surface area contributed by atoms with Crippen LogP contribution in [0.2, 0.25) is 0 Å². The van der Waals surface area contributed by atoms with Crippen molar-refractivity contribution in [2.24, 2.45) is 0 Å². The van der Waals surface area contributed by atoms with Crippen LogP contribution in [-0.4, -0.2) is 31.1 Å². The van der Waals surface area contributed by atoms with E-state index in [1.807, 2.05) is 0 Å². The van der Waals surface area contributed by atoms with Crippen LogP contribution >= 0.6 is 31.9 Å². The van der Waals surface area contributed by atoms with Crippen LogP contribution in [0.25, 0.3) is 0 Å². The van der Waals surface area contributed by atoms with E-state index < -0.39 is 0 Å². The molecule has 1 aliphatic carbocycles. The second-order valence-corrected chi connectivity index (χ2v) is 7.36. The van der Waals surface area contributed by atoms with Gasteiger partial charge in [-0.25, -0.2) is 0 Å². The minimum Gasteiger partial charge on any atom is -0.493 e. The lowest BCUT2D eigenvalue weighted by Crippen LogP contribution is -2.33. The number of ether oxygens (including phenoxy) is 2. The molecule has 3 aliphatic rings. The zero-order valence-electron chi connectivity index (χ0n) is 11.9. The minimum absolute atomic E-state index is 0.0806. The highest BCUT2D eigenvalue weighted by molar-refractivity contribution is 9.10. The second kappa shape index (κ2) is 5.81. The van der Waals surface area contributed by atoms with Crippen LogP contribution in [0.3, 0.4) is 0 Å². The van der Waals surface area contributed by atoms with E-state index in [0.717, 1.165) is 46.0 Å². The summed E-state index contributed by atoms with van der Waals surface area (Å²) >= 11 is 7.49. The quantitative estimate of drug-likeness (QED) is 0.673. The summed E-state index contributed by atoms with van der Waals surface area (Å²) in [4.78, 5) is 0.166. The smallest absolute Gasteiger partial charge is 0.147 e. The minimum atomic E-state index is 0.0806. The molecule has 6 heteroatoms. The van der Waals surface area contributed by atoms with Crippen molar-refractivity contribution in [3.05, 3.63) is 45.8 Å². The van der Waals surface area contributed by atoms with Gasteiger partial charge in [-0.15, -0.1) is 0 Å². The van der Waals surface area contributed by atoms with Gasteiger partial charge in [-0.1, -0.05) is 37.9 Å². The van der Waals surface area contributed by atoms with E-state index in [-0.39, 0.29) is 10.7 Å². The number of alkyl halides is 1. The molecule has 1 aromatic carbocycles. The van der Waals surface area contributed by atoms with Crippen molar-refractivity contribution in [3.63, 3.8) is 0 Å². The molecule has 4 nitrogen and oxygen atoms in total. The van der Waals surface area contributed by atoms with E-state index in [2.05, 4.69) is 66.8 Å². The first kappa shape index (κ1) is 14.5. The maximum absolute atomic E-state index is 6.00. The van der Waals surface area contributed by atoms with Gasteiger partial charge in [-0.3, -0.25) is 0 Å². The summed E-state index contributed by atoms with van der Waals surface area (Å²) in [6.07, 6.45) is 4.25. The summed E-state index contributed by atoms with van der Waals surface area (Å²) < 4.78 is 13.0. The Morgan fingerprint density at radius 1 is 1.09 bits per heavy atom. The molecule has 22 heavy (non-hydrogen) atoms. The van der Waals surface area contributed by atoms with Gasteiger partial charge in [0.1, 0.15) is 24.7 Å². The predicted octanol–water partition coefficient (Wildman–Crippen LogP) is 3.50. The fraction of sp³-hybridized carbons (Fsp3) is 0.375. The number of hydrogen-bond donors (Lipinski definition) is 2. The van der Waals surface area contributed by atoms with Crippen molar-refractivity contribution in [2.45, 2.75) is 10.7 Å². The molecule has 0 aromatic heterocycles. The van der Waals surface area contributed by atoms with Gasteiger partial charge in [0.05, 0.1) is 17.3 Å². The van der Waals surface area contributed by atoms with Crippen molar-refractivity contribution in [3.8, 4) is 5.75 Å². The first-order valence-electron chi connectivity index (χ1n) is 7.38. The molecular formula is C16H16Br2N2O2. The molecule has 2 unspecified atom stereocenters. The highest BCUT2D eigenvalue weighted by Gasteiger charge is 2.36. The Kier molecular flexibility index (Phi) is 3.82. The van der Waals surface area contributed by atoms with Gasteiger partial charge >= 0.3 is 0 Å². The normalized spacial score (nSPS) is 26.1. The third-order valence-electron chi connectivity index (χ3n) is 4.11. The van der Waals surface area contributed by atoms with E-state index in [4.69, 9.17) is 9.47 Å². The van der Waals surface area contributed by atoms with Gasteiger partial charge in [0.2, 0.25) is 0 Å². The maximum atomic E-state index is 6.00. The molecule has 2 atom stereocenters. The second-order valence-electron chi connectivity index (χ2n) is 5.45. The third-order valence-corrected chi connectivity index (χ3v) is 5.63. The van der Waals surface area contributed by atoms with E-state index in [9.17, 15) is 0 Å². The SMILES string of the molecule is Brc1ccc2c(c1C1C3=C(C=CC1Br)NCCO3)OCCN2. The first-order chi connectivity index (χ1) is 10.8. The van der Waals surface area contributed by atoms with Crippen LogP contribution < -0.4 is 15.4 Å². The van der Waals surface area contributed by atoms with Gasteiger partial charge in [-0.05, 0) is 18.2 Å². The lowest BCUT2D eigenvalue weighted by atomic mass is 9.87. The van der Waals surface area contributed by atoms with Crippen LogP contribution in [0.1, 0.15) is 11.5 Å². The van der Waals surface area contributed by atoms with Crippen molar-refractivity contribution in [1.29, 1.82) is 0 Å². The topological polar surface area (TPSA) is 42.5 Å². The first-order valence-corrected chi connectivity index (χ1v) is 9.09. The highest BCUT2D eigenvalue weighted by atomic mass is 79.9. The molecule has 0 fully saturated rings. The summed E-state index contributed by atoms with van der Waals surface area (Å²) in [5, 5.41) is 6.82. The Hall–Kier alpha value is -1.14. The summed E-state index contributed by atoms with van der Waals surface area (Å²) in [5.74, 6) is 1.99. The summed E-state index contributed by atoms with van der Waals surface area (Å²) in [6.45, 7) is 3.04. The number of benzene rings is 1. The van der Waals surface area contributed by atoms with Gasteiger partial charge in [0, 0.05) is 28.0 Å². The molecule has 0 bridgehead atoms. The summed E-state index contributed by atoms with van der Waals surface area (Å²) in [5.41, 5.74) is 3.25. The molecule has 4 rings (SSSR count). The van der Waals surface area contributed by atoms with Crippen molar-refractivity contribution in [1.82, 2.24) is 5.32 Å². The van der Waals surface area contributed by atoms with Crippen LogP contribution in [-0.2, 0) is 4.74 Å². The molecule has 0 radical (unpaired) electrons. The Morgan fingerprint density at radius 3 is 2.82 bits per heavy atom. The number of hydrogen-bond acceptors (Lipinski definition) is 4. The summed E-state index contributed by atoms with van der Waals surface area (Å²) in [7, 11) is 0. The molecule has 0 spiro atoms. The number of allylic oxidation sites excluding steroid dienone is 3. The van der Waals surface area contributed by atoms with Crippen molar-refractivity contribution >= 4 is 37.5 Å². The molecule has 2 aliphatic heterocycles. The van der Waals surface area contributed by atoms with Gasteiger partial charge in [0.15, 0.2) is 0 Å². The number of anilines is 1. The predicted molar refractivity (Wildman–Crippen MR) is 93.7 cm³/mol. The molecule has 2 N–H and O–H groups in total. The van der Waals surface area contributed by atoms with Gasteiger partial charge in [0.25, 0.3) is 0 Å². The zero-order valence-corrected chi connectivity index (χ0v) is 15.0. The Balaban J connectivity index is 1.87. The van der Waals surface area contributed by atoms with Crippen LogP contribution in [0, 0.1) is 0 Å². The number of rotatable bonds is 1. The van der Waals surface area contributed by atoms with Crippen LogP contribution in [0.4, 0.5) is 5.69 Å². The van der Waals surface area contributed by atoms with E-state index in [1.165, 1.54) is 0 Å². The molecule has 0 amide bonds. The number of fused-ring (bicyclic) bond motifs is 1. The van der Waals surface area contributed by atoms with Crippen LogP contribution in [0.5, 0.6) is 5.75 Å². The largest absolute Gasteiger partial charge is 0.493 e. The van der Waals surface area contributed by atoms with Gasteiger partial charge in [-0.2, -0.15) is 0 Å². The Bertz CT molecular complexity index is 672. The van der Waals surface area contributed by atoms with Crippen molar-refractivity contribution in [2.75, 3.05) is 31.6 Å². The van der Waals surface area contributed by atoms with Crippen LogP contribution in [0.15, 0.2) is 40.2 Å². The van der Waals surface area contributed by atoms with E-state index in [1.54, 1.807) is 0 Å².